The number of carbonyl (C=O) groups is 3. The topological polar surface area (TPSA) is 97.4 Å². The highest BCUT2D eigenvalue weighted by molar-refractivity contribution is 5.91. The lowest BCUT2D eigenvalue weighted by molar-refractivity contribution is -0.144. The number of esters is 2. The van der Waals surface area contributed by atoms with Crippen LogP contribution in [0.5, 0.6) is 17.2 Å². The maximum Gasteiger partial charge on any atom is 0.343 e. The molecule has 0 unspecified atom stereocenters. The molecule has 0 spiro atoms. The van der Waals surface area contributed by atoms with Crippen LogP contribution in [0.3, 0.4) is 0 Å². The Morgan fingerprint density at radius 2 is 1.33 bits per heavy atom. The van der Waals surface area contributed by atoms with Crippen LogP contribution in [0.4, 0.5) is 0 Å². The van der Waals surface area contributed by atoms with Gasteiger partial charge in [-0.15, -0.1) is 0 Å². The molecule has 0 aliphatic heterocycles. The van der Waals surface area contributed by atoms with E-state index in [1.807, 2.05) is 0 Å². The van der Waals surface area contributed by atoms with Crippen molar-refractivity contribution < 1.29 is 38.1 Å². The lowest BCUT2D eigenvalue weighted by Crippen LogP contribution is -2.10. The second-order valence-corrected chi connectivity index (χ2v) is 5.60. The molecule has 2 aromatic rings. The second-order valence-electron chi connectivity index (χ2n) is 5.60. The minimum Gasteiger partial charge on any atom is -0.468 e. The van der Waals surface area contributed by atoms with Crippen molar-refractivity contribution >= 4 is 17.7 Å². The van der Waals surface area contributed by atoms with E-state index in [1.54, 1.807) is 36.4 Å². The van der Waals surface area contributed by atoms with Crippen molar-refractivity contribution in [3.05, 3.63) is 79.4 Å². The number of ether oxygens (including phenoxy) is 5. The molecule has 30 heavy (non-hydrogen) atoms. The summed E-state index contributed by atoms with van der Waals surface area (Å²) in [6.07, 6.45) is 2.20. The van der Waals surface area contributed by atoms with Crippen LogP contribution in [0.25, 0.3) is 0 Å². The highest BCUT2D eigenvalue weighted by atomic mass is 16.7. The van der Waals surface area contributed by atoms with E-state index < -0.39 is 11.9 Å². The van der Waals surface area contributed by atoms with Gasteiger partial charge in [0.25, 0.3) is 0 Å². The standard InChI is InChI=1S/C22H20O8/c1-3-17(23)13-26-14-27-19-9-11-20(12-10-19)30-22(25)16-5-7-18(8-6-16)28-15-29-21(24)4-2/h3-12H,1-2,13-15H2. The molecular formula is C22H20O8. The lowest BCUT2D eigenvalue weighted by Gasteiger charge is -2.09. The number of hydrogen-bond acceptors (Lipinski definition) is 8. The normalized spacial score (nSPS) is 9.87. The zero-order valence-electron chi connectivity index (χ0n) is 16.1. The maximum atomic E-state index is 12.2. The van der Waals surface area contributed by atoms with E-state index >= 15 is 0 Å². The summed E-state index contributed by atoms with van der Waals surface area (Å²) in [4.78, 5) is 34.2. The average molecular weight is 412 g/mol. The quantitative estimate of drug-likeness (QED) is 0.172. The van der Waals surface area contributed by atoms with Gasteiger partial charge in [0.05, 0.1) is 5.56 Å². The van der Waals surface area contributed by atoms with Crippen LogP contribution in [-0.2, 0) is 19.1 Å². The third-order valence-electron chi connectivity index (χ3n) is 3.50. The fourth-order valence-electron chi connectivity index (χ4n) is 1.98. The molecule has 2 aromatic carbocycles. The van der Waals surface area contributed by atoms with Gasteiger partial charge in [-0.05, 0) is 54.6 Å². The van der Waals surface area contributed by atoms with Crippen LogP contribution < -0.4 is 14.2 Å². The molecule has 8 nitrogen and oxygen atoms in total. The first-order chi connectivity index (χ1) is 14.5. The summed E-state index contributed by atoms with van der Waals surface area (Å²) in [5.74, 6) is -0.161. The molecule has 0 heterocycles. The highest BCUT2D eigenvalue weighted by Crippen LogP contribution is 2.19. The molecular weight excluding hydrogens is 392 g/mol. The zero-order valence-corrected chi connectivity index (χ0v) is 16.1. The van der Waals surface area contributed by atoms with Crippen LogP contribution in [0.2, 0.25) is 0 Å². The van der Waals surface area contributed by atoms with Crippen molar-refractivity contribution in [2.45, 2.75) is 0 Å². The molecule has 0 radical (unpaired) electrons. The monoisotopic (exact) mass is 412 g/mol. The molecule has 0 amide bonds. The molecule has 156 valence electrons. The van der Waals surface area contributed by atoms with Gasteiger partial charge in [-0.2, -0.15) is 0 Å². The minimum absolute atomic E-state index is 0.0973. The van der Waals surface area contributed by atoms with Gasteiger partial charge in [-0.1, -0.05) is 13.2 Å². The summed E-state index contributed by atoms with van der Waals surface area (Å²) in [6.45, 7) is 6.14. The van der Waals surface area contributed by atoms with Gasteiger partial charge in [0.15, 0.2) is 12.6 Å². The van der Waals surface area contributed by atoms with Crippen LogP contribution in [0.15, 0.2) is 73.8 Å². The van der Waals surface area contributed by atoms with Gasteiger partial charge in [0.2, 0.25) is 6.79 Å². The molecule has 0 atom stereocenters. The van der Waals surface area contributed by atoms with E-state index in [9.17, 15) is 14.4 Å². The van der Waals surface area contributed by atoms with E-state index in [1.165, 1.54) is 18.2 Å². The Morgan fingerprint density at radius 1 is 0.767 bits per heavy atom. The molecule has 0 aliphatic carbocycles. The predicted molar refractivity (Wildman–Crippen MR) is 106 cm³/mol. The zero-order chi connectivity index (χ0) is 21.8. The van der Waals surface area contributed by atoms with Gasteiger partial charge in [-0.3, -0.25) is 4.79 Å². The molecule has 0 fully saturated rings. The second kappa shape index (κ2) is 11.8. The first kappa shape index (κ1) is 22.4. The van der Waals surface area contributed by atoms with Crippen molar-refractivity contribution in [1.82, 2.24) is 0 Å². The smallest absolute Gasteiger partial charge is 0.343 e. The van der Waals surface area contributed by atoms with E-state index in [0.29, 0.717) is 22.8 Å². The summed E-state index contributed by atoms with van der Waals surface area (Å²) in [5.41, 5.74) is 0.311. The fourth-order valence-corrected chi connectivity index (χ4v) is 1.98. The third kappa shape index (κ3) is 7.61. The summed E-state index contributed by atoms with van der Waals surface area (Å²) in [7, 11) is 0. The van der Waals surface area contributed by atoms with Crippen LogP contribution in [0, 0.1) is 0 Å². The van der Waals surface area contributed by atoms with E-state index in [0.717, 1.165) is 6.08 Å². The Bertz CT molecular complexity index is 884. The Balaban J connectivity index is 1.79. The summed E-state index contributed by atoms with van der Waals surface area (Å²) in [6, 6.07) is 12.5. The van der Waals surface area contributed by atoms with Crippen molar-refractivity contribution in [3.8, 4) is 17.2 Å². The van der Waals surface area contributed by atoms with Crippen LogP contribution in [0.1, 0.15) is 10.4 Å². The predicted octanol–water partition coefficient (Wildman–Crippen LogP) is 3.08. The largest absolute Gasteiger partial charge is 0.468 e. The molecule has 0 N–H and O–H groups in total. The minimum atomic E-state index is -0.595. The van der Waals surface area contributed by atoms with Gasteiger partial charge < -0.3 is 23.7 Å². The number of hydrogen-bond donors (Lipinski definition) is 0. The van der Waals surface area contributed by atoms with Gasteiger partial charge in [-0.25, -0.2) is 9.59 Å². The van der Waals surface area contributed by atoms with Crippen LogP contribution >= 0.6 is 0 Å². The Kier molecular flexibility index (Phi) is 8.82. The fraction of sp³-hybridized carbons (Fsp3) is 0.136. The SMILES string of the molecule is C=CC(=O)COCOc1ccc(OC(=O)c2ccc(OCOC(=O)C=C)cc2)cc1. The van der Waals surface area contributed by atoms with Crippen molar-refractivity contribution in [1.29, 1.82) is 0 Å². The van der Waals surface area contributed by atoms with E-state index in [2.05, 4.69) is 13.2 Å². The molecule has 0 saturated carbocycles. The Hall–Kier alpha value is -3.91. The molecule has 0 aromatic heterocycles. The van der Waals surface area contributed by atoms with Gasteiger partial charge >= 0.3 is 11.9 Å². The van der Waals surface area contributed by atoms with Gasteiger partial charge in [0, 0.05) is 6.08 Å². The summed E-state index contributed by atoms with van der Waals surface area (Å²) < 4.78 is 25.5. The molecule has 8 heteroatoms. The molecule has 0 aliphatic rings. The number of ketones is 1. The molecule has 0 bridgehead atoms. The van der Waals surface area contributed by atoms with E-state index in [4.69, 9.17) is 23.7 Å². The van der Waals surface area contributed by atoms with Crippen molar-refractivity contribution in [3.63, 3.8) is 0 Å². The molecule has 0 saturated heterocycles. The highest BCUT2D eigenvalue weighted by Gasteiger charge is 2.09. The average Bonchev–Trinajstić information content (AvgIpc) is 2.77. The first-order valence-corrected chi connectivity index (χ1v) is 8.72. The maximum absolute atomic E-state index is 12.2. The Morgan fingerprint density at radius 3 is 1.93 bits per heavy atom. The Labute approximate surface area is 173 Å². The summed E-state index contributed by atoms with van der Waals surface area (Å²) in [5, 5.41) is 0. The third-order valence-corrected chi connectivity index (χ3v) is 3.50. The number of benzene rings is 2. The van der Waals surface area contributed by atoms with Crippen molar-refractivity contribution in [2.75, 3.05) is 20.2 Å². The molecule has 2 rings (SSSR count). The van der Waals surface area contributed by atoms with Crippen molar-refractivity contribution in [2.24, 2.45) is 0 Å². The van der Waals surface area contributed by atoms with Gasteiger partial charge in [0.1, 0.15) is 23.9 Å². The summed E-state index contributed by atoms with van der Waals surface area (Å²) >= 11 is 0. The number of rotatable bonds is 12. The lowest BCUT2D eigenvalue weighted by atomic mass is 10.2. The first-order valence-electron chi connectivity index (χ1n) is 8.72. The number of carbonyl (C=O) groups excluding carboxylic acids is 3. The van der Waals surface area contributed by atoms with Crippen LogP contribution in [-0.4, -0.2) is 37.9 Å². The van der Waals surface area contributed by atoms with E-state index in [-0.39, 0.29) is 26.0 Å².